The summed E-state index contributed by atoms with van der Waals surface area (Å²) in [5, 5.41) is 4.09. The van der Waals surface area contributed by atoms with Crippen molar-refractivity contribution in [2.24, 2.45) is 5.10 Å². The number of benzene rings is 2. The Morgan fingerprint density at radius 2 is 1.45 bits per heavy atom. The molecule has 0 amide bonds. The molecule has 116 valence electrons. The molecule has 0 aliphatic rings. The van der Waals surface area contributed by atoms with Gasteiger partial charge < -0.3 is 0 Å². The number of rotatable bonds is 5. The number of hydrazone groups is 1. The van der Waals surface area contributed by atoms with Gasteiger partial charge in [0.25, 0.3) is 10.0 Å². The molecule has 2 rings (SSSR count). The van der Waals surface area contributed by atoms with Gasteiger partial charge in [0.05, 0.1) is 10.6 Å². The Kier molecular flexibility index (Phi) is 4.98. The monoisotopic (exact) mass is 316 g/mol. The van der Waals surface area contributed by atoms with E-state index in [1.165, 1.54) is 0 Å². The molecule has 0 unspecified atom stereocenters. The Hall–Kier alpha value is -2.14. The highest BCUT2D eigenvalue weighted by atomic mass is 32.2. The van der Waals surface area contributed by atoms with E-state index in [0.717, 1.165) is 16.7 Å². The van der Waals surface area contributed by atoms with Crippen LogP contribution in [0.3, 0.4) is 0 Å². The summed E-state index contributed by atoms with van der Waals surface area (Å²) < 4.78 is 24.5. The maximum Gasteiger partial charge on any atom is 0.276 e. The molecule has 1 N–H and O–H groups in total. The van der Waals surface area contributed by atoms with Gasteiger partial charge in [-0.05, 0) is 38.0 Å². The second-order valence-electron chi connectivity index (χ2n) is 5.19. The molecule has 0 spiro atoms. The smallest absolute Gasteiger partial charge is 0.200 e. The molecule has 22 heavy (non-hydrogen) atoms. The van der Waals surface area contributed by atoms with E-state index in [2.05, 4.69) is 9.93 Å². The summed E-state index contributed by atoms with van der Waals surface area (Å²) in [5.41, 5.74) is 3.78. The van der Waals surface area contributed by atoms with Gasteiger partial charge in [-0.2, -0.15) is 18.4 Å². The Balaban J connectivity index is 2.24. The van der Waals surface area contributed by atoms with Crippen LogP contribution in [-0.2, 0) is 10.0 Å². The van der Waals surface area contributed by atoms with Crippen LogP contribution in [0.1, 0.15) is 30.0 Å². The molecular formula is C17H20N2O2S. The maximum absolute atomic E-state index is 12.2. The third-order valence-electron chi connectivity index (χ3n) is 3.35. The number of nitrogens with zero attached hydrogens (tertiary/aromatic N) is 1. The van der Waals surface area contributed by atoms with Crippen LogP contribution in [0.25, 0.3) is 0 Å². The number of hydrogen-bond donors (Lipinski definition) is 1. The molecular weight excluding hydrogens is 296 g/mol. The van der Waals surface area contributed by atoms with Crippen LogP contribution in [0.15, 0.2) is 58.5 Å². The normalized spacial score (nSPS) is 12.2. The molecule has 0 aliphatic carbocycles. The number of nitrogens with one attached hydrogen (secondary N) is 1. The van der Waals surface area contributed by atoms with E-state index in [0.29, 0.717) is 12.1 Å². The zero-order valence-electron chi connectivity index (χ0n) is 13.0. The summed E-state index contributed by atoms with van der Waals surface area (Å²) in [5.74, 6) is 0. The molecule has 0 atom stereocenters. The lowest BCUT2D eigenvalue weighted by Crippen LogP contribution is -2.20. The van der Waals surface area contributed by atoms with Crippen molar-refractivity contribution in [1.82, 2.24) is 4.83 Å². The van der Waals surface area contributed by atoms with Crippen molar-refractivity contribution >= 4 is 15.7 Å². The van der Waals surface area contributed by atoms with E-state index in [1.807, 2.05) is 45.0 Å². The molecule has 5 heteroatoms. The summed E-state index contributed by atoms with van der Waals surface area (Å²) in [6.07, 6.45) is 0.638. The first-order valence-electron chi connectivity index (χ1n) is 7.14. The molecule has 4 nitrogen and oxygen atoms in total. The summed E-state index contributed by atoms with van der Waals surface area (Å²) in [6.45, 7) is 5.86. The zero-order chi connectivity index (χ0) is 16.2. The van der Waals surface area contributed by atoms with E-state index in [9.17, 15) is 8.42 Å². The van der Waals surface area contributed by atoms with Crippen molar-refractivity contribution in [2.45, 2.75) is 32.1 Å². The molecule has 0 bridgehead atoms. The first-order valence-corrected chi connectivity index (χ1v) is 8.63. The first kappa shape index (κ1) is 16.2. The fraction of sp³-hybridized carbons (Fsp3) is 0.235. The Bertz CT molecular complexity index is 761. The molecule has 0 saturated heterocycles. The molecule has 0 fully saturated rings. The topological polar surface area (TPSA) is 58.5 Å². The van der Waals surface area contributed by atoms with E-state index in [-0.39, 0.29) is 4.90 Å². The zero-order valence-corrected chi connectivity index (χ0v) is 13.8. The average molecular weight is 316 g/mol. The predicted molar refractivity (Wildman–Crippen MR) is 89.5 cm³/mol. The van der Waals surface area contributed by atoms with Crippen molar-refractivity contribution < 1.29 is 8.42 Å². The maximum atomic E-state index is 12.2. The highest BCUT2D eigenvalue weighted by molar-refractivity contribution is 7.89. The summed E-state index contributed by atoms with van der Waals surface area (Å²) >= 11 is 0. The molecule has 0 saturated carbocycles. The minimum atomic E-state index is -3.64. The lowest BCUT2D eigenvalue weighted by Gasteiger charge is -2.07. The van der Waals surface area contributed by atoms with Gasteiger partial charge in [-0.15, -0.1) is 0 Å². The van der Waals surface area contributed by atoms with Crippen LogP contribution < -0.4 is 4.83 Å². The fourth-order valence-corrected chi connectivity index (χ4v) is 2.81. The molecule has 0 aromatic heterocycles. The van der Waals surface area contributed by atoms with Gasteiger partial charge in [-0.25, -0.2) is 0 Å². The molecule has 2 aromatic rings. The van der Waals surface area contributed by atoms with Crippen LogP contribution in [0.5, 0.6) is 0 Å². The number of aryl methyl sites for hydroxylation is 2. The fourth-order valence-electron chi connectivity index (χ4n) is 1.98. The van der Waals surface area contributed by atoms with Crippen molar-refractivity contribution in [3.63, 3.8) is 0 Å². The van der Waals surface area contributed by atoms with Crippen LogP contribution in [0.4, 0.5) is 0 Å². The summed E-state index contributed by atoms with van der Waals surface area (Å²) in [6, 6.07) is 14.5. The summed E-state index contributed by atoms with van der Waals surface area (Å²) in [7, 11) is -3.64. The second-order valence-corrected chi connectivity index (χ2v) is 6.85. The minimum absolute atomic E-state index is 0.209. The largest absolute Gasteiger partial charge is 0.276 e. The SMILES string of the molecule is CC/C(=N/NS(=O)(=O)c1ccc(C)cc1)c1ccc(C)cc1. The Morgan fingerprint density at radius 3 is 1.95 bits per heavy atom. The molecule has 0 heterocycles. The van der Waals surface area contributed by atoms with Crippen LogP contribution in [-0.4, -0.2) is 14.1 Å². The van der Waals surface area contributed by atoms with Gasteiger partial charge in [0.15, 0.2) is 0 Å². The van der Waals surface area contributed by atoms with E-state index in [1.54, 1.807) is 24.3 Å². The Morgan fingerprint density at radius 1 is 0.955 bits per heavy atom. The lowest BCUT2D eigenvalue weighted by atomic mass is 10.1. The van der Waals surface area contributed by atoms with Crippen LogP contribution in [0, 0.1) is 13.8 Å². The lowest BCUT2D eigenvalue weighted by molar-refractivity contribution is 0.584. The van der Waals surface area contributed by atoms with E-state index >= 15 is 0 Å². The van der Waals surface area contributed by atoms with Crippen molar-refractivity contribution in [3.05, 3.63) is 65.2 Å². The van der Waals surface area contributed by atoms with Crippen LogP contribution in [0.2, 0.25) is 0 Å². The van der Waals surface area contributed by atoms with Gasteiger partial charge in [0.1, 0.15) is 0 Å². The minimum Gasteiger partial charge on any atom is -0.200 e. The average Bonchev–Trinajstić information content (AvgIpc) is 2.50. The number of sulfonamides is 1. The van der Waals surface area contributed by atoms with Gasteiger partial charge in [0, 0.05) is 0 Å². The van der Waals surface area contributed by atoms with Crippen molar-refractivity contribution in [3.8, 4) is 0 Å². The van der Waals surface area contributed by atoms with Gasteiger partial charge in [-0.3, -0.25) is 0 Å². The molecule has 0 aliphatic heterocycles. The standard InChI is InChI=1S/C17H20N2O2S/c1-4-17(15-9-5-13(2)6-10-15)18-19-22(20,21)16-11-7-14(3)8-12-16/h5-12,19H,4H2,1-3H3/b18-17-. The highest BCUT2D eigenvalue weighted by Crippen LogP contribution is 2.11. The predicted octanol–water partition coefficient (Wildman–Crippen LogP) is 3.40. The second kappa shape index (κ2) is 6.75. The van der Waals surface area contributed by atoms with Gasteiger partial charge >= 0.3 is 0 Å². The van der Waals surface area contributed by atoms with E-state index < -0.39 is 10.0 Å². The highest BCUT2D eigenvalue weighted by Gasteiger charge is 2.13. The van der Waals surface area contributed by atoms with Crippen LogP contribution >= 0.6 is 0 Å². The van der Waals surface area contributed by atoms with E-state index in [4.69, 9.17) is 0 Å². The molecule has 2 aromatic carbocycles. The van der Waals surface area contributed by atoms with Gasteiger partial charge in [-0.1, -0.05) is 54.4 Å². The van der Waals surface area contributed by atoms with Gasteiger partial charge in [0.2, 0.25) is 0 Å². The summed E-state index contributed by atoms with van der Waals surface area (Å²) in [4.78, 5) is 2.53. The Labute approximate surface area is 131 Å². The van der Waals surface area contributed by atoms with Crippen molar-refractivity contribution in [2.75, 3.05) is 0 Å². The quantitative estimate of drug-likeness (QED) is 0.679. The van der Waals surface area contributed by atoms with Crippen molar-refractivity contribution in [1.29, 1.82) is 0 Å². The molecule has 0 radical (unpaired) electrons. The first-order chi connectivity index (χ1) is 10.4. The third kappa shape index (κ3) is 3.95. The number of hydrogen-bond acceptors (Lipinski definition) is 3. The third-order valence-corrected chi connectivity index (χ3v) is 4.58.